The molecule has 119 valence electrons. The molecule has 17 heteroatoms. The zero-order chi connectivity index (χ0) is 17.5. The molecule has 0 saturated heterocycles. The van der Waals surface area contributed by atoms with E-state index in [1.54, 1.807) is 0 Å². The van der Waals surface area contributed by atoms with Crippen molar-refractivity contribution in [2.24, 2.45) is 0 Å². The Hall–Kier alpha value is -3.39. The molecule has 0 fully saturated rings. The number of rotatable bonds is 10. The van der Waals surface area contributed by atoms with Crippen molar-refractivity contribution in [3.05, 3.63) is 0 Å². The maximum atomic E-state index is 11.2. The summed E-state index contributed by atoms with van der Waals surface area (Å²) in [6.07, 6.45) is -2.43. The molecule has 4 amide bonds. The lowest BCUT2D eigenvalue weighted by atomic mass is 9.74. The molecule has 0 unspecified atom stereocenters. The van der Waals surface area contributed by atoms with Crippen LogP contribution in [0.5, 0.6) is 0 Å². The highest BCUT2D eigenvalue weighted by atomic mass is 17.2. The summed E-state index contributed by atoms with van der Waals surface area (Å²) in [5, 5.41) is 7.50. The first-order chi connectivity index (χ1) is 11.0. The van der Waals surface area contributed by atoms with E-state index in [4.69, 9.17) is 0 Å². The van der Waals surface area contributed by atoms with Crippen LogP contribution in [0.3, 0.4) is 0 Å². The Morgan fingerprint density at radius 3 is 1.43 bits per heavy atom. The minimum atomic E-state index is -1.21. The Morgan fingerprint density at radius 1 is 0.696 bits per heavy atom. The molecule has 0 aromatic rings. The van der Waals surface area contributed by atoms with Crippen LogP contribution in [-0.2, 0) is 29.1 Å². The molecule has 0 saturated carbocycles. The zero-order valence-corrected chi connectivity index (χ0v) is 11.0. The van der Waals surface area contributed by atoms with Gasteiger partial charge < -0.3 is 20.9 Å². The van der Waals surface area contributed by atoms with Crippen LogP contribution >= 0.6 is 0 Å². The molecule has 0 spiro atoms. The summed E-state index contributed by atoms with van der Waals surface area (Å²) < 4.78 is 0. The monoisotopic (exact) mass is 327 g/mol. The molecule has 14 nitrogen and oxygen atoms in total. The van der Waals surface area contributed by atoms with Crippen LogP contribution in [0.2, 0.25) is 0 Å². The van der Waals surface area contributed by atoms with Gasteiger partial charge in [0.1, 0.15) is 0 Å². The van der Waals surface area contributed by atoms with Crippen LogP contribution in [0.4, 0.5) is 19.2 Å². The van der Waals surface area contributed by atoms with Gasteiger partial charge in [0.2, 0.25) is 0 Å². The first kappa shape index (κ1) is 19.6. The number of hydrogen-bond acceptors (Lipinski definition) is 10. The Balaban J connectivity index is 3.71. The molecular weight excluding hydrogens is 321 g/mol. The minimum absolute atomic E-state index is 0.151. The fourth-order valence-electron chi connectivity index (χ4n) is 0.709. The Morgan fingerprint density at radius 2 is 1.09 bits per heavy atom. The molecule has 0 rings (SSSR count). The molecule has 0 aromatic heterocycles. The van der Waals surface area contributed by atoms with Crippen LogP contribution in [0.1, 0.15) is 0 Å². The number of carbonyl (C=O) groups is 6. The van der Waals surface area contributed by atoms with Crippen molar-refractivity contribution in [3.63, 3.8) is 0 Å². The lowest BCUT2D eigenvalue weighted by Gasteiger charge is -2.05. The third-order valence-electron chi connectivity index (χ3n) is 1.40. The normalized spacial score (nSPS) is 8.17. The predicted molar refractivity (Wildman–Crippen MR) is 67.9 cm³/mol. The van der Waals surface area contributed by atoms with Gasteiger partial charge in [0, 0.05) is 0 Å². The van der Waals surface area contributed by atoms with Crippen molar-refractivity contribution in [3.8, 4) is 0 Å². The van der Waals surface area contributed by atoms with Crippen molar-refractivity contribution in [2.45, 2.75) is 0 Å². The third kappa shape index (κ3) is 12.1. The second kappa shape index (κ2) is 12.4. The van der Waals surface area contributed by atoms with Crippen LogP contribution in [-0.4, -0.2) is 59.1 Å². The summed E-state index contributed by atoms with van der Waals surface area (Å²) >= 11 is 0. The van der Waals surface area contributed by atoms with Gasteiger partial charge in [-0.1, -0.05) is 0 Å². The third-order valence-corrected chi connectivity index (χ3v) is 1.40. The van der Waals surface area contributed by atoms with Crippen molar-refractivity contribution >= 4 is 59.1 Å². The highest BCUT2D eigenvalue weighted by molar-refractivity contribution is 6.98. The average molecular weight is 327 g/mol. The Bertz CT molecular complexity index is 422. The van der Waals surface area contributed by atoms with E-state index in [0.29, 0.717) is 22.4 Å². The fraction of sp³-hybridized carbons (Fsp3) is 0. The topological polar surface area (TPSA) is 187 Å². The molecule has 0 aromatic carbocycles. The highest BCUT2D eigenvalue weighted by Crippen LogP contribution is 1.76. The Labute approximate surface area is 129 Å². The van der Waals surface area contributed by atoms with Crippen molar-refractivity contribution in [1.29, 1.82) is 0 Å². The van der Waals surface area contributed by atoms with E-state index in [1.807, 2.05) is 20.9 Å². The first-order valence-electron chi connectivity index (χ1n) is 5.23. The van der Waals surface area contributed by atoms with Gasteiger partial charge in [0.05, 0.1) is 0 Å². The maximum Gasteiger partial charge on any atom is 0.439 e. The van der Waals surface area contributed by atoms with Crippen molar-refractivity contribution in [2.75, 3.05) is 0 Å². The summed E-state index contributed by atoms with van der Waals surface area (Å²) in [7, 11) is 1.90. The lowest BCUT2D eigenvalue weighted by molar-refractivity contribution is -0.215. The van der Waals surface area contributed by atoms with Crippen molar-refractivity contribution in [1.82, 2.24) is 20.9 Å². The van der Waals surface area contributed by atoms with Crippen LogP contribution in [0.25, 0.3) is 0 Å². The molecule has 0 aliphatic carbocycles. The quantitative estimate of drug-likeness (QED) is 0.138. The summed E-state index contributed by atoms with van der Waals surface area (Å²) in [5.74, 6) is -1.92. The number of hydrogen-bond donors (Lipinski definition) is 4. The van der Waals surface area contributed by atoms with Gasteiger partial charge >= 0.3 is 47.5 Å². The van der Waals surface area contributed by atoms with E-state index >= 15 is 0 Å². The molecule has 0 bridgehead atoms. The van der Waals surface area contributed by atoms with Gasteiger partial charge in [0.25, 0.3) is 0 Å². The largest absolute Gasteiger partial charge is 0.439 e. The molecule has 0 atom stereocenters. The van der Waals surface area contributed by atoms with Gasteiger partial charge in [0.15, 0.2) is 11.6 Å². The smallest absolute Gasteiger partial charge is 0.391 e. The minimum Gasteiger partial charge on any atom is -0.391 e. The molecule has 3 radical (unpaired) electrons. The van der Waals surface area contributed by atoms with Crippen LogP contribution in [0.15, 0.2) is 0 Å². The molecule has 23 heavy (non-hydrogen) atoms. The molecular formula is C6H6B3N4O10. The average Bonchev–Trinajstić information content (AvgIpc) is 2.50. The van der Waals surface area contributed by atoms with E-state index in [2.05, 4.69) is 19.6 Å². The van der Waals surface area contributed by atoms with Gasteiger partial charge in [-0.3, -0.25) is 19.2 Å². The summed E-state index contributed by atoms with van der Waals surface area (Å²) in [4.78, 5) is 77.9. The highest BCUT2D eigenvalue weighted by Gasteiger charge is 2.15. The fourth-order valence-corrected chi connectivity index (χ4v) is 0.709. The summed E-state index contributed by atoms with van der Waals surface area (Å²) in [6, 6.07) is 0. The summed E-state index contributed by atoms with van der Waals surface area (Å²) in [5.41, 5.74) is 0. The molecule has 0 aliphatic heterocycles. The van der Waals surface area contributed by atoms with Crippen LogP contribution < -0.4 is 20.9 Å². The van der Waals surface area contributed by atoms with Gasteiger partial charge in [-0.2, -0.15) is 0 Å². The predicted octanol–water partition coefficient (Wildman–Crippen LogP) is -3.19. The number of carbonyl (C=O) groups excluding carboxylic acids is 6. The van der Waals surface area contributed by atoms with E-state index in [9.17, 15) is 28.8 Å². The van der Waals surface area contributed by atoms with E-state index in [0.717, 1.165) is 0 Å². The summed E-state index contributed by atoms with van der Waals surface area (Å²) in [6.45, 7) is -0.302. The standard InChI is InChI=1S/C6H6B3N4O10/c14-1-20-22-5(18)12-8-10-3(16)7-4(17)11-9-13-6(19)23-21-2-15/h1-2H,(H,10,16)(H,11,17)(H,12,18)(H,13,19). The number of nitrogens with one attached hydrogen (secondary N) is 4. The maximum absolute atomic E-state index is 11.2. The lowest BCUT2D eigenvalue weighted by Crippen LogP contribution is -2.48. The van der Waals surface area contributed by atoms with Gasteiger partial charge in [-0.15, -0.1) is 0 Å². The van der Waals surface area contributed by atoms with Crippen LogP contribution in [0, 0.1) is 0 Å². The van der Waals surface area contributed by atoms with Gasteiger partial charge in [-0.05, 0) is 0 Å². The molecule has 0 aliphatic rings. The molecule has 0 heterocycles. The van der Waals surface area contributed by atoms with E-state index < -0.39 is 23.8 Å². The second-order valence-electron chi connectivity index (χ2n) is 2.87. The Kier molecular flexibility index (Phi) is 10.5. The van der Waals surface area contributed by atoms with E-state index in [-0.39, 0.29) is 12.9 Å². The number of amides is 4. The first-order valence-corrected chi connectivity index (χ1v) is 5.23. The SMILES string of the molecule is O=COOC(=O)N[B]NC(=O)[B]C(=O)N[B]NC(=O)OOC=O. The van der Waals surface area contributed by atoms with Crippen molar-refractivity contribution < 1.29 is 48.3 Å². The van der Waals surface area contributed by atoms with E-state index in [1.165, 1.54) is 0 Å². The zero-order valence-electron chi connectivity index (χ0n) is 11.0. The van der Waals surface area contributed by atoms with Gasteiger partial charge in [-0.25, -0.2) is 29.1 Å². The molecule has 4 N–H and O–H groups in total. The second-order valence-corrected chi connectivity index (χ2v) is 2.87.